The molecule has 0 saturated heterocycles. The molecule has 2 amide bonds. The first-order valence-corrected chi connectivity index (χ1v) is 9.54. The van der Waals surface area contributed by atoms with E-state index in [1.165, 1.54) is 0 Å². The second-order valence-electron chi connectivity index (χ2n) is 6.07. The number of amides is 2. The van der Waals surface area contributed by atoms with Gasteiger partial charge in [0.2, 0.25) is 0 Å². The monoisotopic (exact) mass is 338 g/mol. The zero-order chi connectivity index (χ0) is 16.8. The first-order chi connectivity index (χ1) is 11.0. The van der Waals surface area contributed by atoms with Gasteiger partial charge >= 0.3 is 6.03 Å². The van der Waals surface area contributed by atoms with Crippen molar-refractivity contribution in [2.45, 2.75) is 49.3 Å². The fourth-order valence-corrected chi connectivity index (χ4v) is 3.46. The van der Waals surface area contributed by atoms with Crippen LogP contribution in [0.4, 0.5) is 4.79 Å². The molecule has 3 atom stereocenters. The van der Waals surface area contributed by atoms with E-state index in [2.05, 4.69) is 5.32 Å². The molecular formula is C17H26N2O3S. The molecule has 6 heteroatoms. The highest BCUT2D eigenvalue weighted by molar-refractivity contribution is 7.84. The van der Waals surface area contributed by atoms with Gasteiger partial charge in [0, 0.05) is 42.7 Å². The molecule has 0 heterocycles. The number of nitrogens with one attached hydrogen (secondary N) is 1. The average molecular weight is 338 g/mol. The summed E-state index contributed by atoms with van der Waals surface area (Å²) in [7, 11) is 2.51. The van der Waals surface area contributed by atoms with Gasteiger partial charge in [-0.25, -0.2) is 4.79 Å². The third kappa shape index (κ3) is 5.04. The smallest absolute Gasteiger partial charge is 0.317 e. The van der Waals surface area contributed by atoms with Crippen molar-refractivity contribution >= 4 is 16.8 Å². The molecule has 1 N–H and O–H groups in total. The molecule has 0 bridgehead atoms. The van der Waals surface area contributed by atoms with Gasteiger partial charge in [0.1, 0.15) is 0 Å². The minimum atomic E-state index is -0.976. The van der Waals surface area contributed by atoms with E-state index in [9.17, 15) is 9.00 Å². The molecule has 1 saturated carbocycles. The number of methoxy groups -OCH3 is 1. The highest BCUT2D eigenvalue weighted by Gasteiger charge is 2.27. The lowest BCUT2D eigenvalue weighted by Crippen LogP contribution is -2.49. The van der Waals surface area contributed by atoms with Crippen molar-refractivity contribution in [1.29, 1.82) is 0 Å². The van der Waals surface area contributed by atoms with E-state index in [-0.39, 0.29) is 18.2 Å². The Morgan fingerprint density at radius 3 is 2.57 bits per heavy atom. The fourth-order valence-electron chi connectivity index (χ4n) is 2.95. The normalized spacial score (nSPS) is 22.4. The molecule has 2 rings (SSSR count). The number of benzene rings is 1. The van der Waals surface area contributed by atoms with Gasteiger partial charge in [-0.1, -0.05) is 25.0 Å². The Balaban J connectivity index is 1.90. The molecule has 3 unspecified atom stereocenters. The van der Waals surface area contributed by atoms with Crippen LogP contribution in [0.15, 0.2) is 29.2 Å². The van der Waals surface area contributed by atoms with Crippen molar-refractivity contribution in [3.63, 3.8) is 0 Å². The molecule has 1 aromatic rings. The largest absolute Gasteiger partial charge is 0.379 e. The van der Waals surface area contributed by atoms with Crippen LogP contribution in [0.3, 0.4) is 0 Å². The van der Waals surface area contributed by atoms with Crippen LogP contribution in [0.5, 0.6) is 0 Å². The minimum absolute atomic E-state index is 0.0814. The molecule has 1 aliphatic rings. The zero-order valence-corrected chi connectivity index (χ0v) is 14.9. The summed E-state index contributed by atoms with van der Waals surface area (Å²) in [6.45, 7) is 0.521. The van der Waals surface area contributed by atoms with Crippen molar-refractivity contribution in [2.75, 3.05) is 20.4 Å². The van der Waals surface area contributed by atoms with Crippen molar-refractivity contribution in [3.8, 4) is 0 Å². The molecule has 0 aromatic heterocycles. The number of hydrogen-bond acceptors (Lipinski definition) is 3. The van der Waals surface area contributed by atoms with Crippen LogP contribution in [-0.2, 0) is 22.1 Å². The molecule has 0 radical (unpaired) electrons. The van der Waals surface area contributed by atoms with E-state index in [1.807, 2.05) is 24.3 Å². The minimum Gasteiger partial charge on any atom is -0.379 e. The Labute approximate surface area is 140 Å². The van der Waals surface area contributed by atoms with Gasteiger partial charge in [0.25, 0.3) is 0 Å². The van der Waals surface area contributed by atoms with E-state index >= 15 is 0 Å². The highest BCUT2D eigenvalue weighted by Crippen LogP contribution is 2.21. The topological polar surface area (TPSA) is 58.6 Å². The summed E-state index contributed by atoms with van der Waals surface area (Å²) in [4.78, 5) is 14.8. The Kier molecular flexibility index (Phi) is 6.59. The van der Waals surface area contributed by atoms with Gasteiger partial charge in [-0.2, -0.15) is 0 Å². The second-order valence-corrected chi connectivity index (χ2v) is 7.45. The number of carbonyl (C=O) groups excluding carboxylic acids is 1. The summed E-state index contributed by atoms with van der Waals surface area (Å²) in [6.07, 6.45) is 6.02. The molecule has 1 aromatic carbocycles. The standard InChI is InChI=1S/C17H26N2O3S/c1-19(12-13-8-10-14(11-9-13)23(3)21)17(20)18-15-6-4-5-7-16(15)22-2/h8-11,15-16H,4-7,12H2,1-3H3,(H,18,20). The summed E-state index contributed by atoms with van der Waals surface area (Å²) >= 11 is 0. The first kappa shape index (κ1) is 17.9. The molecule has 1 aliphatic carbocycles. The molecule has 23 heavy (non-hydrogen) atoms. The molecule has 0 spiro atoms. The summed E-state index contributed by atoms with van der Waals surface area (Å²) in [5.74, 6) is 0. The van der Waals surface area contributed by atoms with Crippen molar-refractivity contribution < 1.29 is 13.7 Å². The van der Waals surface area contributed by atoms with Gasteiger partial charge in [-0.05, 0) is 30.5 Å². The maximum absolute atomic E-state index is 12.4. The maximum Gasteiger partial charge on any atom is 0.317 e. The van der Waals surface area contributed by atoms with Gasteiger partial charge in [-0.3, -0.25) is 4.21 Å². The van der Waals surface area contributed by atoms with E-state index in [0.717, 1.165) is 36.1 Å². The SMILES string of the molecule is COC1CCCCC1NC(=O)N(C)Cc1ccc(S(C)=O)cc1. The van der Waals surface area contributed by atoms with Crippen LogP contribution in [0, 0.1) is 0 Å². The second kappa shape index (κ2) is 8.45. The Hall–Kier alpha value is -1.40. The number of carbonyl (C=O) groups is 1. The van der Waals surface area contributed by atoms with Gasteiger partial charge in [0.05, 0.1) is 12.1 Å². The lowest BCUT2D eigenvalue weighted by atomic mass is 9.92. The van der Waals surface area contributed by atoms with E-state index in [4.69, 9.17) is 4.74 Å². The molecular weight excluding hydrogens is 312 g/mol. The van der Waals surface area contributed by atoms with E-state index < -0.39 is 10.8 Å². The number of ether oxygens (including phenoxy) is 1. The van der Waals surface area contributed by atoms with Crippen LogP contribution in [0.1, 0.15) is 31.2 Å². The lowest BCUT2D eigenvalue weighted by molar-refractivity contribution is 0.0434. The summed E-state index contributed by atoms with van der Waals surface area (Å²) in [6, 6.07) is 7.53. The number of urea groups is 1. The molecule has 0 aliphatic heterocycles. The van der Waals surface area contributed by atoms with E-state index in [1.54, 1.807) is 25.3 Å². The Bertz CT molecular complexity index is 547. The summed E-state index contributed by atoms with van der Waals surface area (Å²) in [5, 5.41) is 3.08. The molecule has 1 fully saturated rings. The van der Waals surface area contributed by atoms with Gasteiger partial charge in [-0.15, -0.1) is 0 Å². The quantitative estimate of drug-likeness (QED) is 0.897. The van der Waals surface area contributed by atoms with Crippen LogP contribution < -0.4 is 5.32 Å². The van der Waals surface area contributed by atoms with Crippen LogP contribution in [0.2, 0.25) is 0 Å². The Morgan fingerprint density at radius 2 is 1.96 bits per heavy atom. The molecule has 5 nitrogen and oxygen atoms in total. The summed E-state index contributed by atoms with van der Waals surface area (Å²) < 4.78 is 16.9. The third-order valence-electron chi connectivity index (χ3n) is 4.34. The van der Waals surface area contributed by atoms with Crippen molar-refractivity contribution in [2.24, 2.45) is 0 Å². The first-order valence-electron chi connectivity index (χ1n) is 7.98. The van der Waals surface area contributed by atoms with Crippen molar-refractivity contribution in [3.05, 3.63) is 29.8 Å². The predicted molar refractivity (Wildman–Crippen MR) is 91.8 cm³/mol. The van der Waals surface area contributed by atoms with Crippen molar-refractivity contribution in [1.82, 2.24) is 10.2 Å². The average Bonchev–Trinajstić information content (AvgIpc) is 2.55. The molecule has 128 valence electrons. The number of rotatable bonds is 5. The van der Waals surface area contributed by atoms with Crippen LogP contribution in [-0.4, -0.2) is 47.7 Å². The number of nitrogens with zero attached hydrogens (tertiary/aromatic N) is 1. The number of hydrogen-bond donors (Lipinski definition) is 1. The van der Waals surface area contributed by atoms with E-state index in [0.29, 0.717) is 6.54 Å². The maximum atomic E-state index is 12.4. The lowest BCUT2D eigenvalue weighted by Gasteiger charge is -2.32. The zero-order valence-electron chi connectivity index (χ0n) is 14.1. The Morgan fingerprint density at radius 1 is 1.30 bits per heavy atom. The van der Waals surface area contributed by atoms with Crippen LogP contribution >= 0.6 is 0 Å². The fraction of sp³-hybridized carbons (Fsp3) is 0.588. The third-order valence-corrected chi connectivity index (χ3v) is 5.27. The van der Waals surface area contributed by atoms with Crippen LogP contribution in [0.25, 0.3) is 0 Å². The highest BCUT2D eigenvalue weighted by atomic mass is 32.2. The summed E-state index contributed by atoms with van der Waals surface area (Å²) in [5.41, 5.74) is 1.02. The predicted octanol–water partition coefficient (Wildman–Crippen LogP) is 2.52. The van der Waals surface area contributed by atoms with Gasteiger partial charge < -0.3 is 15.0 Å². The van der Waals surface area contributed by atoms with Gasteiger partial charge in [0.15, 0.2) is 0 Å².